The zero-order valence-corrected chi connectivity index (χ0v) is 18.0. The van der Waals surface area contributed by atoms with Crippen molar-refractivity contribution in [1.29, 1.82) is 0 Å². The summed E-state index contributed by atoms with van der Waals surface area (Å²) in [5.74, 6) is 0. The molecule has 1 aromatic carbocycles. The number of nitrogen functional groups attached to an aromatic ring is 1. The van der Waals surface area contributed by atoms with E-state index in [1.54, 1.807) is 4.90 Å². The molecule has 0 spiro atoms. The molecule has 27 heavy (non-hydrogen) atoms. The van der Waals surface area contributed by atoms with Gasteiger partial charge in [0, 0.05) is 24.5 Å². The number of carbonyl (C=O) groups excluding carboxylic acids is 1. The summed E-state index contributed by atoms with van der Waals surface area (Å²) < 4.78 is 5.54. The van der Waals surface area contributed by atoms with Crippen molar-refractivity contribution in [2.45, 2.75) is 67.0 Å². The van der Waals surface area contributed by atoms with Crippen LogP contribution in [0.4, 0.5) is 10.5 Å². The molecule has 0 heterocycles. The maximum Gasteiger partial charge on any atom is 0.410 e. The van der Waals surface area contributed by atoms with Gasteiger partial charge in [0.15, 0.2) is 0 Å². The van der Waals surface area contributed by atoms with Crippen LogP contribution < -0.4 is 11.5 Å². The van der Waals surface area contributed by atoms with Crippen LogP contribution in [0.2, 0.25) is 0 Å². The number of nitrogens with zero attached hydrogens (tertiary/aromatic N) is 1. The Hall–Kier alpha value is -2.43. The van der Waals surface area contributed by atoms with Crippen LogP contribution in [0, 0.1) is 0 Å². The van der Waals surface area contributed by atoms with Crippen LogP contribution >= 0.6 is 0 Å². The zero-order valence-electron chi connectivity index (χ0n) is 18.0. The van der Waals surface area contributed by atoms with Crippen molar-refractivity contribution >= 4 is 11.8 Å². The molecule has 0 fully saturated rings. The highest BCUT2D eigenvalue weighted by atomic mass is 16.6. The predicted octanol–water partition coefficient (Wildman–Crippen LogP) is 5.23. The molecule has 0 aliphatic carbocycles. The van der Waals surface area contributed by atoms with Crippen molar-refractivity contribution < 1.29 is 9.53 Å². The van der Waals surface area contributed by atoms with E-state index in [9.17, 15) is 4.79 Å². The molecule has 5 heteroatoms. The van der Waals surface area contributed by atoms with Crippen LogP contribution in [0.15, 0.2) is 47.7 Å². The Morgan fingerprint density at radius 1 is 1.11 bits per heavy atom. The van der Waals surface area contributed by atoms with Crippen LogP contribution in [-0.2, 0) is 11.3 Å². The number of carbonyl (C=O) groups is 1. The zero-order chi connectivity index (χ0) is 21.0. The summed E-state index contributed by atoms with van der Waals surface area (Å²) in [5, 5.41) is 0. The molecule has 1 amide bonds. The van der Waals surface area contributed by atoms with E-state index >= 15 is 0 Å². The summed E-state index contributed by atoms with van der Waals surface area (Å²) >= 11 is 0. The Bertz CT molecular complexity index is 622. The first kappa shape index (κ1) is 24.6. The van der Waals surface area contributed by atoms with Gasteiger partial charge in [-0.15, -0.1) is 0 Å². The third-order valence-corrected chi connectivity index (χ3v) is 3.41. The molecule has 0 saturated carbocycles. The molecule has 0 bridgehead atoms. The summed E-state index contributed by atoms with van der Waals surface area (Å²) in [7, 11) is 0. The largest absolute Gasteiger partial charge is 0.444 e. The van der Waals surface area contributed by atoms with Crippen LogP contribution in [0.5, 0.6) is 0 Å². The maximum atomic E-state index is 12.5. The maximum absolute atomic E-state index is 12.5. The van der Waals surface area contributed by atoms with Crippen LogP contribution in [-0.4, -0.2) is 23.1 Å². The number of amides is 1. The predicted molar refractivity (Wildman–Crippen MR) is 115 cm³/mol. The molecule has 1 aromatic rings. The molecule has 0 saturated heterocycles. The molecule has 152 valence electrons. The Labute approximate surface area is 165 Å². The van der Waals surface area contributed by atoms with E-state index in [4.69, 9.17) is 16.2 Å². The number of hydrogen-bond donors (Lipinski definition) is 2. The normalized spacial score (nSPS) is 12.1. The lowest BCUT2D eigenvalue weighted by molar-refractivity contribution is 0.0236. The van der Waals surface area contributed by atoms with E-state index in [0.29, 0.717) is 18.8 Å². The van der Waals surface area contributed by atoms with Gasteiger partial charge in [-0.1, -0.05) is 37.6 Å². The first-order valence-corrected chi connectivity index (χ1v) is 9.48. The highest BCUT2D eigenvalue weighted by Crippen LogP contribution is 2.15. The first-order chi connectivity index (χ1) is 12.6. The summed E-state index contributed by atoms with van der Waals surface area (Å²) in [5.41, 5.74) is 14.5. The number of nitrogens with two attached hydrogens (primary N) is 2. The number of anilines is 1. The molecule has 0 atom stereocenters. The molecule has 1 rings (SSSR count). The van der Waals surface area contributed by atoms with Gasteiger partial charge in [-0.05, 0) is 64.8 Å². The van der Waals surface area contributed by atoms with E-state index in [1.807, 2.05) is 84.9 Å². The van der Waals surface area contributed by atoms with Crippen LogP contribution in [0.3, 0.4) is 0 Å². The molecule has 5 nitrogen and oxygen atoms in total. The van der Waals surface area contributed by atoms with E-state index in [1.165, 1.54) is 0 Å². The molecular formula is C22H37N3O2. The lowest BCUT2D eigenvalue weighted by Gasteiger charge is -2.27. The highest BCUT2D eigenvalue weighted by Gasteiger charge is 2.22. The molecule has 4 N–H and O–H groups in total. The Morgan fingerprint density at radius 2 is 1.67 bits per heavy atom. The minimum atomic E-state index is -0.527. The Balaban J connectivity index is 0.00000326. The van der Waals surface area contributed by atoms with Gasteiger partial charge in [-0.3, -0.25) is 0 Å². The molecule has 0 unspecified atom stereocenters. The summed E-state index contributed by atoms with van der Waals surface area (Å²) in [6.07, 6.45) is 4.28. The Kier molecular flexibility index (Phi) is 11.0. The van der Waals surface area contributed by atoms with Gasteiger partial charge in [0.2, 0.25) is 0 Å². The number of ether oxygens (including phenoxy) is 1. The molecule has 0 aliphatic rings. The molecular weight excluding hydrogens is 338 g/mol. The average molecular weight is 376 g/mol. The fraction of sp³-hybridized carbons (Fsp3) is 0.500. The fourth-order valence-electron chi connectivity index (χ4n) is 2.07. The van der Waals surface area contributed by atoms with Gasteiger partial charge in [-0.25, -0.2) is 4.79 Å². The topological polar surface area (TPSA) is 81.6 Å². The standard InChI is InChI=1S/C20H31N3O2.C2H6/c1-15(6-7-16(2)21)12-13-23(19(24)25-20(3,4)5)14-17-8-10-18(22)11-9-17;1-2/h6-11H,12-14,21-22H2,1-5H3;1-2H3/b15-6+,16-7+;. The van der Waals surface area contributed by atoms with Gasteiger partial charge < -0.3 is 21.1 Å². The van der Waals surface area contributed by atoms with Crippen molar-refractivity contribution in [3.63, 3.8) is 0 Å². The van der Waals surface area contributed by atoms with Gasteiger partial charge in [0.1, 0.15) is 5.60 Å². The minimum Gasteiger partial charge on any atom is -0.444 e. The van der Waals surface area contributed by atoms with Crippen molar-refractivity contribution in [3.8, 4) is 0 Å². The minimum absolute atomic E-state index is 0.317. The van der Waals surface area contributed by atoms with Crippen molar-refractivity contribution in [2.24, 2.45) is 5.73 Å². The van der Waals surface area contributed by atoms with E-state index in [2.05, 4.69) is 0 Å². The number of rotatable bonds is 6. The number of allylic oxidation sites excluding steroid dienone is 3. The van der Waals surface area contributed by atoms with Crippen LogP contribution in [0.1, 0.15) is 60.5 Å². The second-order valence-corrected chi connectivity index (χ2v) is 7.32. The van der Waals surface area contributed by atoms with Crippen molar-refractivity contribution in [2.75, 3.05) is 12.3 Å². The third-order valence-electron chi connectivity index (χ3n) is 3.41. The summed E-state index contributed by atoms with van der Waals surface area (Å²) in [6.45, 7) is 14.5. The smallest absolute Gasteiger partial charge is 0.410 e. The van der Waals surface area contributed by atoms with E-state index in [-0.39, 0.29) is 6.09 Å². The molecule has 0 aliphatic heterocycles. The SMILES string of the molecule is C/C(N)=C\C=C(/C)CCN(Cc1ccc(N)cc1)C(=O)OC(C)(C)C.CC. The van der Waals surface area contributed by atoms with Gasteiger partial charge in [-0.2, -0.15) is 0 Å². The fourth-order valence-corrected chi connectivity index (χ4v) is 2.07. The van der Waals surface area contributed by atoms with Crippen molar-refractivity contribution in [1.82, 2.24) is 4.90 Å². The lowest BCUT2D eigenvalue weighted by atomic mass is 10.1. The van der Waals surface area contributed by atoms with Crippen molar-refractivity contribution in [3.05, 3.63) is 53.3 Å². The van der Waals surface area contributed by atoms with Gasteiger partial charge in [0.25, 0.3) is 0 Å². The first-order valence-electron chi connectivity index (χ1n) is 9.48. The number of benzene rings is 1. The van der Waals surface area contributed by atoms with Crippen LogP contribution in [0.25, 0.3) is 0 Å². The third kappa shape index (κ3) is 11.7. The second-order valence-electron chi connectivity index (χ2n) is 7.32. The van der Waals surface area contributed by atoms with Gasteiger partial charge in [0.05, 0.1) is 0 Å². The van der Waals surface area contributed by atoms with Gasteiger partial charge >= 0.3 is 6.09 Å². The average Bonchev–Trinajstić information content (AvgIpc) is 2.58. The summed E-state index contributed by atoms with van der Waals surface area (Å²) in [6, 6.07) is 7.52. The molecule has 0 radical (unpaired) electrons. The monoisotopic (exact) mass is 375 g/mol. The lowest BCUT2D eigenvalue weighted by Crippen LogP contribution is -2.37. The van der Waals surface area contributed by atoms with E-state index < -0.39 is 5.60 Å². The Morgan fingerprint density at radius 3 is 2.15 bits per heavy atom. The molecule has 0 aromatic heterocycles. The summed E-state index contributed by atoms with van der Waals surface area (Å²) in [4.78, 5) is 14.3. The second kappa shape index (κ2) is 12.0. The number of hydrogen-bond acceptors (Lipinski definition) is 4. The highest BCUT2D eigenvalue weighted by molar-refractivity contribution is 5.68. The quantitative estimate of drug-likeness (QED) is 0.527. The van der Waals surface area contributed by atoms with E-state index in [0.717, 1.165) is 23.3 Å².